The van der Waals surface area contributed by atoms with Crippen molar-refractivity contribution in [1.29, 1.82) is 0 Å². The minimum Gasteiger partial charge on any atom is -0.375 e. The van der Waals surface area contributed by atoms with Crippen molar-refractivity contribution in [2.45, 2.75) is 32.9 Å². The number of nitrogens with zero attached hydrogens (tertiary/aromatic N) is 2. The molecule has 0 aliphatic carbocycles. The summed E-state index contributed by atoms with van der Waals surface area (Å²) in [5, 5.41) is 3.50. The quantitative estimate of drug-likeness (QED) is 0.876. The summed E-state index contributed by atoms with van der Waals surface area (Å²) in [6.07, 6.45) is 3.74. The van der Waals surface area contributed by atoms with Crippen LogP contribution in [0.15, 0.2) is 35.2 Å². The summed E-state index contributed by atoms with van der Waals surface area (Å²) in [5.41, 5.74) is 9.32. The first kappa shape index (κ1) is 15.1. The van der Waals surface area contributed by atoms with E-state index < -0.39 is 0 Å². The number of benzene rings is 1. The zero-order chi connectivity index (χ0) is 14.7. The number of aryl methyl sites for hydroxylation is 1. The summed E-state index contributed by atoms with van der Waals surface area (Å²) in [7, 11) is 0. The molecule has 5 heteroatoms. The maximum absolute atomic E-state index is 5.95. The first-order valence-electron chi connectivity index (χ1n) is 6.77. The Hall–Kier alpha value is -1.33. The lowest BCUT2D eigenvalue weighted by molar-refractivity contribution is 0.553. The molecule has 2 aromatic rings. The van der Waals surface area contributed by atoms with Crippen molar-refractivity contribution in [1.82, 2.24) is 9.55 Å². The molecule has 0 spiro atoms. The summed E-state index contributed by atoms with van der Waals surface area (Å²) in [5.74, 6) is 0. The SMILES string of the molecule is Cc1ccc(Br)c(NC(CN)c2cncn2C(C)C)c1. The molecule has 3 N–H and O–H groups in total. The normalized spacial score (nSPS) is 12.7. The zero-order valence-electron chi connectivity index (χ0n) is 12.1. The molecule has 0 bridgehead atoms. The third kappa shape index (κ3) is 3.22. The van der Waals surface area contributed by atoms with E-state index in [0.717, 1.165) is 15.9 Å². The van der Waals surface area contributed by atoms with Crippen molar-refractivity contribution >= 4 is 21.6 Å². The van der Waals surface area contributed by atoms with Crippen LogP contribution < -0.4 is 11.1 Å². The van der Waals surface area contributed by atoms with Gasteiger partial charge in [0.2, 0.25) is 0 Å². The molecule has 1 aromatic carbocycles. The van der Waals surface area contributed by atoms with Gasteiger partial charge in [0.1, 0.15) is 0 Å². The predicted molar refractivity (Wildman–Crippen MR) is 86.9 cm³/mol. The van der Waals surface area contributed by atoms with Gasteiger partial charge >= 0.3 is 0 Å². The molecule has 1 atom stereocenters. The van der Waals surface area contributed by atoms with Gasteiger partial charge in [-0.1, -0.05) is 6.07 Å². The fraction of sp³-hybridized carbons (Fsp3) is 0.400. The van der Waals surface area contributed by atoms with Gasteiger partial charge in [0, 0.05) is 22.7 Å². The number of hydrogen-bond acceptors (Lipinski definition) is 3. The highest BCUT2D eigenvalue weighted by molar-refractivity contribution is 9.10. The molecule has 4 nitrogen and oxygen atoms in total. The number of nitrogens with two attached hydrogens (primary N) is 1. The predicted octanol–water partition coefficient (Wildman–Crippen LogP) is 3.65. The molecule has 0 aliphatic rings. The highest BCUT2D eigenvalue weighted by Gasteiger charge is 2.16. The van der Waals surface area contributed by atoms with Crippen LogP contribution in [0.5, 0.6) is 0 Å². The third-order valence-electron chi connectivity index (χ3n) is 3.30. The summed E-state index contributed by atoms with van der Waals surface area (Å²) < 4.78 is 3.19. The molecule has 0 aliphatic heterocycles. The van der Waals surface area contributed by atoms with E-state index in [2.05, 4.69) is 63.7 Å². The Kier molecular flexibility index (Phi) is 4.83. The molecule has 1 aromatic heterocycles. The van der Waals surface area contributed by atoms with Gasteiger partial charge in [-0.05, 0) is 54.4 Å². The van der Waals surface area contributed by atoms with Crippen LogP contribution in [-0.2, 0) is 0 Å². The Morgan fingerprint density at radius 2 is 2.15 bits per heavy atom. The molecule has 0 amide bonds. The summed E-state index contributed by atoms with van der Waals surface area (Å²) >= 11 is 3.57. The molecule has 108 valence electrons. The molecule has 20 heavy (non-hydrogen) atoms. The molecule has 0 fully saturated rings. The maximum atomic E-state index is 5.95. The van der Waals surface area contributed by atoms with Gasteiger partial charge in [0.25, 0.3) is 0 Å². The minimum atomic E-state index is 0.0398. The molecule has 0 radical (unpaired) electrons. The van der Waals surface area contributed by atoms with Crippen molar-refractivity contribution < 1.29 is 0 Å². The molecular weight excluding hydrogens is 316 g/mol. The average Bonchev–Trinajstić information content (AvgIpc) is 2.89. The summed E-state index contributed by atoms with van der Waals surface area (Å²) in [4.78, 5) is 4.25. The molecule has 1 unspecified atom stereocenters. The number of anilines is 1. The van der Waals surface area contributed by atoms with E-state index in [1.165, 1.54) is 5.56 Å². The van der Waals surface area contributed by atoms with Crippen molar-refractivity contribution in [3.63, 3.8) is 0 Å². The molecule has 0 saturated carbocycles. The van der Waals surface area contributed by atoms with Gasteiger partial charge in [-0.25, -0.2) is 4.98 Å². The number of hydrogen-bond donors (Lipinski definition) is 2. The van der Waals surface area contributed by atoms with Crippen LogP contribution in [0.3, 0.4) is 0 Å². The van der Waals surface area contributed by atoms with Crippen LogP contribution in [0.25, 0.3) is 0 Å². The number of halogens is 1. The number of imidazole rings is 1. The van der Waals surface area contributed by atoms with Gasteiger partial charge in [-0.3, -0.25) is 0 Å². The largest absolute Gasteiger partial charge is 0.375 e. The van der Waals surface area contributed by atoms with E-state index in [4.69, 9.17) is 5.73 Å². The Morgan fingerprint density at radius 3 is 2.80 bits per heavy atom. The fourth-order valence-corrected chi connectivity index (χ4v) is 2.57. The highest BCUT2D eigenvalue weighted by Crippen LogP contribution is 2.28. The lowest BCUT2D eigenvalue weighted by Crippen LogP contribution is -2.24. The minimum absolute atomic E-state index is 0.0398. The standard InChI is InChI=1S/C15H21BrN4/c1-10(2)20-9-18-8-15(20)14(7-17)19-13-6-11(3)4-5-12(13)16/h4-6,8-10,14,19H,7,17H2,1-3H3. The maximum Gasteiger partial charge on any atom is 0.0951 e. The van der Waals surface area contributed by atoms with E-state index in [-0.39, 0.29) is 6.04 Å². The second-order valence-corrected chi connectivity index (χ2v) is 6.09. The lowest BCUT2D eigenvalue weighted by atomic mass is 10.1. The number of nitrogens with one attached hydrogen (secondary N) is 1. The lowest BCUT2D eigenvalue weighted by Gasteiger charge is -2.22. The summed E-state index contributed by atoms with van der Waals surface area (Å²) in [6.45, 7) is 6.87. The fourth-order valence-electron chi connectivity index (χ4n) is 2.21. The van der Waals surface area contributed by atoms with E-state index in [1.807, 2.05) is 18.6 Å². The monoisotopic (exact) mass is 336 g/mol. The van der Waals surface area contributed by atoms with Gasteiger partial charge < -0.3 is 15.6 Å². The van der Waals surface area contributed by atoms with Crippen LogP contribution in [0.2, 0.25) is 0 Å². The third-order valence-corrected chi connectivity index (χ3v) is 3.99. The van der Waals surface area contributed by atoms with Crippen LogP contribution in [-0.4, -0.2) is 16.1 Å². The van der Waals surface area contributed by atoms with Crippen LogP contribution in [0, 0.1) is 6.92 Å². The van der Waals surface area contributed by atoms with Gasteiger partial charge in [0.15, 0.2) is 0 Å². The van der Waals surface area contributed by atoms with Crippen LogP contribution >= 0.6 is 15.9 Å². The number of rotatable bonds is 5. The first-order chi connectivity index (χ1) is 9.52. The molecular formula is C15H21BrN4. The van der Waals surface area contributed by atoms with Crippen molar-refractivity contribution in [3.8, 4) is 0 Å². The zero-order valence-corrected chi connectivity index (χ0v) is 13.7. The smallest absolute Gasteiger partial charge is 0.0951 e. The van der Waals surface area contributed by atoms with Crippen LogP contribution in [0.4, 0.5) is 5.69 Å². The Labute approximate surface area is 128 Å². The highest BCUT2D eigenvalue weighted by atomic mass is 79.9. The van der Waals surface area contributed by atoms with Crippen molar-refractivity contribution in [3.05, 3.63) is 46.5 Å². The molecule has 0 saturated heterocycles. The Balaban J connectivity index is 2.29. The Morgan fingerprint density at radius 1 is 1.40 bits per heavy atom. The van der Waals surface area contributed by atoms with Gasteiger partial charge in [-0.2, -0.15) is 0 Å². The van der Waals surface area contributed by atoms with E-state index >= 15 is 0 Å². The van der Waals surface area contributed by atoms with Crippen LogP contribution in [0.1, 0.15) is 37.2 Å². The topological polar surface area (TPSA) is 55.9 Å². The first-order valence-corrected chi connectivity index (χ1v) is 7.56. The second-order valence-electron chi connectivity index (χ2n) is 5.24. The molecule has 2 rings (SSSR count). The van der Waals surface area contributed by atoms with Gasteiger partial charge in [0.05, 0.1) is 24.3 Å². The Bertz CT molecular complexity index is 577. The van der Waals surface area contributed by atoms with E-state index in [0.29, 0.717) is 12.6 Å². The van der Waals surface area contributed by atoms with Gasteiger partial charge in [-0.15, -0.1) is 0 Å². The van der Waals surface area contributed by atoms with E-state index in [9.17, 15) is 0 Å². The van der Waals surface area contributed by atoms with Crippen molar-refractivity contribution in [2.24, 2.45) is 5.73 Å². The molecule has 1 heterocycles. The van der Waals surface area contributed by atoms with E-state index in [1.54, 1.807) is 0 Å². The average molecular weight is 337 g/mol. The summed E-state index contributed by atoms with van der Waals surface area (Å²) in [6, 6.07) is 6.64. The second kappa shape index (κ2) is 6.41. The number of aromatic nitrogens is 2. The van der Waals surface area contributed by atoms with Crippen molar-refractivity contribution in [2.75, 3.05) is 11.9 Å².